The van der Waals surface area contributed by atoms with Gasteiger partial charge in [-0.2, -0.15) is 0 Å². The molecule has 0 bridgehead atoms. The van der Waals surface area contributed by atoms with Crippen LogP contribution < -0.4 is 10.2 Å². The van der Waals surface area contributed by atoms with Crippen LogP contribution in [-0.2, 0) is 22.6 Å². The molecule has 1 atom stereocenters. The predicted molar refractivity (Wildman–Crippen MR) is 109 cm³/mol. The van der Waals surface area contributed by atoms with Crippen LogP contribution >= 0.6 is 0 Å². The van der Waals surface area contributed by atoms with E-state index in [1.165, 1.54) is 5.56 Å². The summed E-state index contributed by atoms with van der Waals surface area (Å²) in [6, 6.07) is 11.7. The summed E-state index contributed by atoms with van der Waals surface area (Å²) in [6.07, 6.45) is 8.12. The van der Waals surface area contributed by atoms with E-state index in [1.54, 1.807) is 23.6 Å². The minimum Gasteiger partial charge on any atom is -0.352 e. The fourth-order valence-corrected chi connectivity index (χ4v) is 3.45. The zero-order valence-corrected chi connectivity index (χ0v) is 16.3. The van der Waals surface area contributed by atoms with E-state index in [1.807, 2.05) is 47.2 Å². The summed E-state index contributed by atoms with van der Waals surface area (Å²) in [7, 11) is 0. The van der Waals surface area contributed by atoms with E-state index < -0.39 is 0 Å². The van der Waals surface area contributed by atoms with Gasteiger partial charge < -0.3 is 10.2 Å². The van der Waals surface area contributed by atoms with Gasteiger partial charge in [0.25, 0.3) is 0 Å². The lowest BCUT2D eigenvalue weighted by Crippen LogP contribution is -2.32. The number of pyridine rings is 1. The summed E-state index contributed by atoms with van der Waals surface area (Å²) >= 11 is 0. The highest BCUT2D eigenvalue weighted by Crippen LogP contribution is 2.25. The zero-order valence-electron chi connectivity index (χ0n) is 16.3. The average molecular weight is 389 g/mol. The van der Waals surface area contributed by atoms with Gasteiger partial charge in [-0.3, -0.25) is 14.2 Å². The van der Waals surface area contributed by atoms with Gasteiger partial charge in [0.15, 0.2) is 0 Å². The second kappa shape index (κ2) is 8.26. The maximum atomic E-state index is 12.6. The predicted octanol–water partition coefficient (Wildman–Crippen LogP) is 2.50. The van der Waals surface area contributed by atoms with E-state index in [0.29, 0.717) is 13.1 Å². The molecule has 148 valence electrons. The molecule has 3 heterocycles. The molecule has 0 spiro atoms. The summed E-state index contributed by atoms with van der Waals surface area (Å²) in [4.78, 5) is 35.1. The number of imidazole rings is 1. The number of rotatable bonds is 6. The molecular weight excluding hydrogens is 366 g/mol. The Hall–Kier alpha value is -3.48. The minimum absolute atomic E-state index is 0.0132. The number of carbonyl (C=O) groups is 2. The van der Waals surface area contributed by atoms with E-state index in [0.717, 1.165) is 23.5 Å². The van der Waals surface area contributed by atoms with E-state index >= 15 is 0 Å². The monoisotopic (exact) mass is 389 g/mol. The highest BCUT2D eigenvalue weighted by Gasteiger charge is 2.34. The van der Waals surface area contributed by atoms with Crippen LogP contribution in [0.1, 0.15) is 24.5 Å². The normalized spacial score (nSPS) is 16.2. The van der Waals surface area contributed by atoms with Gasteiger partial charge in [0, 0.05) is 43.8 Å². The van der Waals surface area contributed by atoms with Gasteiger partial charge >= 0.3 is 0 Å². The van der Waals surface area contributed by atoms with Crippen LogP contribution in [0.25, 0.3) is 5.82 Å². The minimum atomic E-state index is -0.341. The number of hydrogen-bond donors (Lipinski definition) is 1. The molecule has 3 aromatic rings. The third kappa shape index (κ3) is 4.18. The third-order valence-electron chi connectivity index (χ3n) is 5.20. The third-order valence-corrected chi connectivity index (χ3v) is 5.20. The Labute approximate surface area is 169 Å². The molecule has 1 aromatic carbocycles. The molecule has 2 aromatic heterocycles. The SMILES string of the molecule is CCc1ccc(N2CC(C(=O)NCc3ccc(-n4ccnc4)nc3)CC2=O)cc1. The number of aryl methyl sites for hydroxylation is 1. The van der Waals surface area contributed by atoms with Gasteiger partial charge in [0.2, 0.25) is 11.8 Å². The number of nitrogens with one attached hydrogen (secondary N) is 1. The second-order valence-electron chi connectivity index (χ2n) is 7.14. The van der Waals surface area contributed by atoms with Gasteiger partial charge in [-0.15, -0.1) is 0 Å². The molecule has 1 fully saturated rings. The number of nitrogens with zero attached hydrogens (tertiary/aromatic N) is 4. The topological polar surface area (TPSA) is 80.1 Å². The smallest absolute Gasteiger partial charge is 0.227 e. The molecule has 4 rings (SSSR count). The van der Waals surface area contributed by atoms with Gasteiger partial charge in [0.05, 0.1) is 5.92 Å². The van der Waals surface area contributed by atoms with Crippen molar-refractivity contribution in [3.05, 3.63) is 72.4 Å². The first kappa shape index (κ1) is 18.9. The van der Waals surface area contributed by atoms with Crippen molar-refractivity contribution in [2.24, 2.45) is 5.92 Å². The Morgan fingerprint density at radius 1 is 1.17 bits per heavy atom. The van der Waals surface area contributed by atoms with Gasteiger partial charge in [-0.05, 0) is 35.7 Å². The number of benzene rings is 1. The lowest BCUT2D eigenvalue weighted by molar-refractivity contribution is -0.126. The Kier molecular flexibility index (Phi) is 5.37. The van der Waals surface area contributed by atoms with Crippen LogP contribution in [0, 0.1) is 5.92 Å². The maximum absolute atomic E-state index is 12.6. The number of carbonyl (C=O) groups excluding carboxylic acids is 2. The molecular formula is C22H23N5O2. The molecule has 0 saturated carbocycles. The quantitative estimate of drug-likeness (QED) is 0.702. The first-order valence-corrected chi connectivity index (χ1v) is 9.74. The van der Waals surface area contributed by atoms with Crippen molar-refractivity contribution in [3.63, 3.8) is 0 Å². The van der Waals surface area contributed by atoms with E-state index in [9.17, 15) is 9.59 Å². The molecule has 1 saturated heterocycles. The number of hydrogen-bond acceptors (Lipinski definition) is 4. The van der Waals surface area contributed by atoms with Crippen molar-refractivity contribution in [1.82, 2.24) is 19.9 Å². The average Bonchev–Trinajstić information content (AvgIpc) is 3.43. The highest BCUT2D eigenvalue weighted by molar-refractivity contribution is 6.00. The van der Waals surface area contributed by atoms with Crippen LogP contribution in [0.5, 0.6) is 0 Å². The molecule has 1 aliphatic heterocycles. The summed E-state index contributed by atoms with van der Waals surface area (Å²) in [5, 5.41) is 2.93. The van der Waals surface area contributed by atoms with Gasteiger partial charge in [0.1, 0.15) is 12.1 Å². The number of aromatic nitrogens is 3. The largest absolute Gasteiger partial charge is 0.352 e. The van der Waals surface area contributed by atoms with Crippen molar-refractivity contribution < 1.29 is 9.59 Å². The fourth-order valence-electron chi connectivity index (χ4n) is 3.45. The molecule has 7 heteroatoms. The molecule has 0 radical (unpaired) electrons. The van der Waals surface area contributed by atoms with E-state index in [4.69, 9.17) is 0 Å². The van der Waals surface area contributed by atoms with Crippen LogP contribution in [0.4, 0.5) is 5.69 Å². The summed E-state index contributed by atoms with van der Waals surface area (Å²) in [6.45, 7) is 2.89. The van der Waals surface area contributed by atoms with Crippen LogP contribution in [0.2, 0.25) is 0 Å². The molecule has 7 nitrogen and oxygen atoms in total. The van der Waals surface area contributed by atoms with Crippen molar-refractivity contribution >= 4 is 17.5 Å². The zero-order chi connectivity index (χ0) is 20.2. The lowest BCUT2D eigenvalue weighted by atomic mass is 10.1. The number of amides is 2. The van der Waals surface area contributed by atoms with Crippen LogP contribution in [0.15, 0.2) is 61.3 Å². The van der Waals surface area contributed by atoms with Crippen molar-refractivity contribution in [2.45, 2.75) is 26.3 Å². The van der Waals surface area contributed by atoms with E-state index in [-0.39, 0.29) is 24.2 Å². The molecule has 1 N–H and O–H groups in total. The second-order valence-corrected chi connectivity index (χ2v) is 7.14. The van der Waals surface area contributed by atoms with E-state index in [2.05, 4.69) is 22.2 Å². The first-order valence-electron chi connectivity index (χ1n) is 9.74. The first-order chi connectivity index (χ1) is 14.1. The summed E-state index contributed by atoms with van der Waals surface area (Å²) in [5.41, 5.74) is 2.97. The molecule has 29 heavy (non-hydrogen) atoms. The summed E-state index contributed by atoms with van der Waals surface area (Å²) in [5.74, 6) is 0.306. The van der Waals surface area contributed by atoms with Crippen LogP contribution in [0.3, 0.4) is 0 Å². The number of anilines is 1. The molecule has 2 amide bonds. The lowest BCUT2D eigenvalue weighted by Gasteiger charge is -2.17. The standard InChI is InChI=1S/C22H23N5O2/c1-2-16-3-6-19(7-4-16)27-14-18(11-21(27)28)22(29)25-13-17-5-8-20(24-12-17)26-10-9-23-15-26/h3-10,12,15,18H,2,11,13-14H2,1H3,(H,25,29). The maximum Gasteiger partial charge on any atom is 0.227 e. The molecule has 1 aliphatic rings. The van der Waals surface area contributed by atoms with Crippen molar-refractivity contribution in [1.29, 1.82) is 0 Å². The van der Waals surface area contributed by atoms with Gasteiger partial charge in [-0.1, -0.05) is 25.1 Å². The van der Waals surface area contributed by atoms with Crippen LogP contribution in [-0.4, -0.2) is 32.9 Å². The van der Waals surface area contributed by atoms with Crippen molar-refractivity contribution in [3.8, 4) is 5.82 Å². The Bertz CT molecular complexity index is 981. The Morgan fingerprint density at radius 2 is 1.97 bits per heavy atom. The molecule has 1 unspecified atom stereocenters. The Morgan fingerprint density at radius 3 is 2.62 bits per heavy atom. The van der Waals surface area contributed by atoms with Gasteiger partial charge in [-0.25, -0.2) is 9.97 Å². The fraction of sp³-hybridized carbons (Fsp3) is 0.273. The molecule has 0 aliphatic carbocycles. The van der Waals surface area contributed by atoms with Crippen molar-refractivity contribution in [2.75, 3.05) is 11.4 Å². The Balaban J connectivity index is 1.33. The summed E-state index contributed by atoms with van der Waals surface area (Å²) < 4.78 is 1.81. The highest BCUT2D eigenvalue weighted by atomic mass is 16.2.